The van der Waals surface area contributed by atoms with Crippen LogP contribution in [0.25, 0.3) is 11.1 Å². The number of amides is 1. The lowest BCUT2D eigenvalue weighted by molar-refractivity contribution is -0.129. The van der Waals surface area contributed by atoms with E-state index in [0.29, 0.717) is 16.7 Å². The molecule has 0 aliphatic rings. The number of halogens is 1. The number of hydrogen-bond acceptors (Lipinski definition) is 2. The van der Waals surface area contributed by atoms with Crippen LogP contribution in [0, 0.1) is 12.7 Å². The average molecular weight is 288 g/mol. The van der Waals surface area contributed by atoms with Gasteiger partial charge in [0.2, 0.25) is 5.91 Å². The van der Waals surface area contributed by atoms with E-state index >= 15 is 0 Å². The highest BCUT2D eigenvalue weighted by Crippen LogP contribution is 2.16. The first-order valence-electron chi connectivity index (χ1n) is 6.55. The number of likely N-dealkylation sites (N-methyl/N-ethyl adjacent to an activating group) is 1. The van der Waals surface area contributed by atoms with Crippen molar-refractivity contribution in [2.24, 2.45) is 0 Å². The molecule has 0 N–H and O–H groups in total. The second-order valence-electron chi connectivity index (χ2n) is 5.15. The Morgan fingerprint density at radius 1 is 1.19 bits per heavy atom. The van der Waals surface area contributed by atoms with Gasteiger partial charge in [-0.3, -0.25) is 9.59 Å². The summed E-state index contributed by atoms with van der Waals surface area (Å²) >= 11 is 0. The molecular weight excluding hydrogens is 271 g/mol. The molecule has 1 aromatic carbocycles. The van der Waals surface area contributed by atoms with Gasteiger partial charge in [0.15, 0.2) is 5.43 Å². The predicted molar refractivity (Wildman–Crippen MR) is 79.5 cm³/mol. The predicted octanol–water partition coefficient (Wildman–Crippen LogP) is 2.05. The number of nitrogens with zero attached hydrogens (tertiary/aromatic N) is 2. The number of benzene rings is 1. The van der Waals surface area contributed by atoms with E-state index in [2.05, 4.69) is 0 Å². The van der Waals surface area contributed by atoms with E-state index < -0.39 is 0 Å². The normalized spacial score (nSPS) is 10.5. The van der Waals surface area contributed by atoms with Crippen LogP contribution >= 0.6 is 0 Å². The van der Waals surface area contributed by atoms with Crippen LogP contribution in [0.2, 0.25) is 0 Å². The number of aromatic nitrogens is 1. The molecule has 1 amide bonds. The highest BCUT2D eigenvalue weighted by molar-refractivity contribution is 5.75. The maximum atomic E-state index is 13.0. The maximum Gasteiger partial charge on any atom is 0.241 e. The molecule has 5 heteroatoms. The zero-order valence-corrected chi connectivity index (χ0v) is 12.3. The number of pyridine rings is 1. The Morgan fingerprint density at radius 3 is 2.38 bits per heavy atom. The van der Waals surface area contributed by atoms with E-state index in [4.69, 9.17) is 0 Å². The van der Waals surface area contributed by atoms with Gasteiger partial charge in [-0.1, -0.05) is 12.1 Å². The van der Waals surface area contributed by atoms with E-state index in [1.807, 2.05) is 0 Å². The highest BCUT2D eigenvalue weighted by atomic mass is 19.1. The molecule has 21 heavy (non-hydrogen) atoms. The Bertz CT molecular complexity index is 718. The standard InChI is InChI=1S/C16H17FN2O2/c1-11-8-19(10-15(20)18(2)3)9-14(16(11)21)12-4-6-13(17)7-5-12/h4-9H,10H2,1-3H3. The van der Waals surface area contributed by atoms with Gasteiger partial charge in [-0.15, -0.1) is 0 Å². The van der Waals surface area contributed by atoms with E-state index in [0.717, 1.165) is 0 Å². The van der Waals surface area contributed by atoms with Crippen LogP contribution in [0.3, 0.4) is 0 Å². The second-order valence-corrected chi connectivity index (χ2v) is 5.15. The highest BCUT2D eigenvalue weighted by Gasteiger charge is 2.10. The summed E-state index contributed by atoms with van der Waals surface area (Å²) in [6.07, 6.45) is 3.28. The van der Waals surface area contributed by atoms with E-state index in [-0.39, 0.29) is 23.7 Å². The molecule has 0 fully saturated rings. The van der Waals surface area contributed by atoms with E-state index in [9.17, 15) is 14.0 Å². The van der Waals surface area contributed by atoms with Crippen LogP contribution in [0.1, 0.15) is 5.56 Å². The summed E-state index contributed by atoms with van der Waals surface area (Å²) in [6, 6.07) is 5.74. The van der Waals surface area contributed by atoms with Gasteiger partial charge in [-0.2, -0.15) is 0 Å². The smallest absolute Gasteiger partial charge is 0.241 e. The SMILES string of the molecule is Cc1cn(CC(=O)N(C)C)cc(-c2ccc(F)cc2)c1=O. The minimum atomic E-state index is -0.352. The van der Waals surface area contributed by atoms with Gasteiger partial charge in [0.05, 0.1) is 0 Å². The summed E-state index contributed by atoms with van der Waals surface area (Å²) in [5.74, 6) is -0.419. The van der Waals surface area contributed by atoms with Crippen molar-refractivity contribution >= 4 is 5.91 Å². The molecule has 1 aromatic heterocycles. The third-order valence-corrected chi connectivity index (χ3v) is 3.23. The van der Waals surface area contributed by atoms with Crippen molar-refractivity contribution in [2.75, 3.05) is 14.1 Å². The Hall–Kier alpha value is -2.43. The molecule has 0 saturated carbocycles. The summed E-state index contributed by atoms with van der Waals surface area (Å²) in [5.41, 5.74) is 1.52. The van der Waals surface area contributed by atoms with Crippen molar-refractivity contribution in [2.45, 2.75) is 13.5 Å². The summed E-state index contributed by atoms with van der Waals surface area (Å²) in [6.45, 7) is 1.86. The summed E-state index contributed by atoms with van der Waals surface area (Å²) in [5, 5.41) is 0. The fraction of sp³-hybridized carbons (Fsp3) is 0.250. The Labute approximate surface area is 122 Å². The third-order valence-electron chi connectivity index (χ3n) is 3.23. The molecule has 4 nitrogen and oxygen atoms in total. The number of hydrogen-bond donors (Lipinski definition) is 0. The Balaban J connectivity index is 2.46. The van der Waals surface area contributed by atoms with Crippen molar-refractivity contribution < 1.29 is 9.18 Å². The van der Waals surface area contributed by atoms with E-state index in [1.54, 1.807) is 50.1 Å². The van der Waals surface area contributed by atoms with Gasteiger partial charge in [0.1, 0.15) is 12.4 Å². The van der Waals surface area contributed by atoms with Crippen molar-refractivity contribution in [3.05, 3.63) is 58.3 Å². The number of carbonyl (C=O) groups is 1. The van der Waals surface area contributed by atoms with Gasteiger partial charge in [-0.25, -0.2) is 4.39 Å². The van der Waals surface area contributed by atoms with Gasteiger partial charge >= 0.3 is 0 Å². The van der Waals surface area contributed by atoms with Crippen molar-refractivity contribution in [1.29, 1.82) is 0 Å². The summed E-state index contributed by atoms with van der Waals surface area (Å²) in [4.78, 5) is 25.5. The van der Waals surface area contributed by atoms with Crippen LogP contribution < -0.4 is 5.43 Å². The first kappa shape index (κ1) is 15.0. The fourth-order valence-corrected chi connectivity index (χ4v) is 2.01. The number of rotatable bonds is 3. The molecule has 0 atom stereocenters. The number of aryl methyl sites for hydroxylation is 1. The molecule has 0 aliphatic carbocycles. The first-order chi connectivity index (χ1) is 9.88. The monoisotopic (exact) mass is 288 g/mol. The van der Waals surface area contributed by atoms with Gasteiger partial charge in [0.25, 0.3) is 0 Å². The van der Waals surface area contributed by atoms with Crippen molar-refractivity contribution in [3.8, 4) is 11.1 Å². The van der Waals surface area contributed by atoms with Gasteiger partial charge < -0.3 is 9.47 Å². The molecule has 0 unspecified atom stereocenters. The van der Waals surface area contributed by atoms with Crippen LogP contribution in [0.4, 0.5) is 4.39 Å². The molecule has 0 spiro atoms. The minimum Gasteiger partial charge on any atom is -0.347 e. The lowest BCUT2D eigenvalue weighted by Crippen LogP contribution is -2.27. The maximum absolute atomic E-state index is 13.0. The molecule has 0 bridgehead atoms. The topological polar surface area (TPSA) is 42.3 Å². The quantitative estimate of drug-likeness (QED) is 0.867. The van der Waals surface area contributed by atoms with Crippen LogP contribution in [0.5, 0.6) is 0 Å². The molecular formula is C16H17FN2O2. The van der Waals surface area contributed by atoms with Crippen LogP contribution in [-0.4, -0.2) is 29.5 Å². The molecule has 1 heterocycles. The third kappa shape index (κ3) is 3.37. The van der Waals surface area contributed by atoms with Crippen LogP contribution in [-0.2, 0) is 11.3 Å². The van der Waals surface area contributed by atoms with Gasteiger partial charge in [0, 0.05) is 37.6 Å². The minimum absolute atomic E-state index is 0.0666. The molecule has 0 saturated heterocycles. The van der Waals surface area contributed by atoms with Gasteiger partial charge in [-0.05, 0) is 24.6 Å². The zero-order chi connectivity index (χ0) is 15.6. The number of carbonyl (C=O) groups excluding carboxylic acids is 1. The lowest BCUT2D eigenvalue weighted by atomic mass is 10.1. The molecule has 2 aromatic rings. The van der Waals surface area contributed by atoms with Crippen molar-refractivity contribution in [3.63, 3.8) is 0 Å². The molecule has 0 radical (unpaired) electrons. The second kappa shape index (κ2) is 5.91. The Kier molecular flexibility index (Phi) is 4.21. The van der Waals surface area contributed by atoms with Crippen molar-refractivity contribution in [1.82, 2.24) is 9.47 Å². The largest absolute Gasteiger partial charge is 0.347 e. The Morgan fingerprint density at radius 2 is 1.81 bits per heavy atom. The molecule has 110 valence electrons. The molecule has 2 rings (SSSR count). The first-order valence-corrected chi connectivity index (χ1v) is 6.55. The van der Waals surface area contributed by atoms with Crippen LogP contribution in [0.15, 0.2) is 41.5 Å². The summed E-state index contributed by atoms with van der Waals surface area (Å²) < 4.78 is 14.7. The molecule has 0 aliphatic heterocycles. The average Bonchev–Trinajstić information content (AvgIpc) is 2.43. The van der Waals surface area contributed by atoms with E-state index in [1.165, 1.54) is 17.0 Å². The summed E-state index contributed by atoms with van der Waals surface area (Å²) in [7, 11) is 3.36. The zero-order valence-electron chi connectivity index (χ0n) is 12.3. The fourth-order valence-electron chi connectivity index (χ4n) is 2.01. The lowest BCUT2D eigenvalue weighted by Gasteiger charge is -2.14.